The van der Waals surface area contributed by atoms with E-state index in [2.05, 4.69) is 15.9 Å². The molecule has 0 radical (unpaired) electrons. The quantitative estimate of drug-likeness (QED) is 0.531. The molecule has 1 saturated heterocycles. The Kier molecular flexibility index (Phi) is 4.13. The number of carbonyl (C=O) groups is 2. The molecule has 1 N–H and O–H groups in total. The van der Waals surface area contributed by atoms with Crippen LogP contribution in [0.5, 0.6) is 5.75 Å². The van der Waals surface area contributed by atoms with Crippen molar-refractivity contribution in [3.8, 4) is 5.75 Å². The number of benzene rings is 2. The van der Waals surface area contributed by atoms with Crippen LogP contribution in [-0.4, -0.2) is 28.3 Å². The van der Waals surface area contributed by atoms with Gasteiger partial charge in [-0.1, -0.05) is 46.0 Å². The lowest BCUT2D eigenvalue weighted by Crippen LogP contribution is -2.28. The molecule has 2 aromatic carbocycles. The number of rotatable bonds is 1. The summed E-state index contributed by atoms with van der Waals surface area (Å²) in [4.78, 5) is 29.0. The number of hydrogen-bond acceptors (Lipinski definition) is 5. The molecule has 2 aliphatic heterocycles. The summed E-state index contributed by atoms with van der Waals surface area (Å²) in [5.41, 5.74) is 2.26. The molecular formula is C18H11BrN2O3S2. The molecular weight excluding hydrogens is 436 g/mol. The summed E-state index contributed by atoms with van der Waals surface area (Å²) in [6.45, 7) is 0. The third-order valence-electron chi connectivity index (χ3n) is 4.19. The molecule has 2 amide bonds. The standard InChI is InChI=1S/C18H11BrN2O3S2/c1-20-13-6-5-9(19)7-12(13)14(16(20)23)15-17(24)21(18(25)26-15)10-3-2-4-11(22)8-10/h2-8,22H,1H3/b15-14-. The Hall–Kier alpha value is -2.16. The van der Waals surface area contributed by atoms with Crippen LogP contribution in [0, 0.1) is 0 Å². The summed E-state index contributed by atoms with van der Waals surface area (Å²) < 4.78 is 1.14. The Bertz CT molecular complexity index is 1030. The first-order valence-electron chi connectivity index (χ1n) is 7.56. The van der Waals surface area contributed by atoms with Crippen molar-refractivity contribution >= 4 is 73.0 Å². The maximum atomic E-state index is 13.1. The van der Waals surface area contributed by atoms with Gasteiger partial charge in [-0.25, -0.2) is 0 Å². The highest BCUT2D eigenvalue weighted by Gasteiger charge is 2.41. The molecule has 5 nitrogen and oxygen atoms in total. The van der Waals surface area contributed by atoms with Crippen LogP contribution in [0.15, 0.2) is 51.8 Å². The van der Waals surface area contributed by atoms with Crippen molar-refractivity contribution in [3.63, 3.8) is 0 Å². The van der Waals surface area contributed by atoms with Crippen molar-refractivity contribution in [2.24, 2.45) is 0 Å². The van der Waals surface area contributed by atoms with E-state index in [1.54, 1.807) is 19.2 Å². The van der Waals surface area contributed by atoms with Crippen LogP contribution in [0.25, 0.3) is 5.57 Å². The van der Waals surface area contributed by atoms with Gasteiger partial charge in [0.15, 0.2) is 4.32 Å². The summed E-state index contributed by atoms with van der Waals surface area (Å²) in [5, 5.41) is 9.69. The predicted molar refractivity (Wildman–Crippen MR) is 110 cm³/mol. The van der Waals surface area contributed by atoms with Crippen molar-refractivity contribution < 1.29 is 14.7 Å². The Morgan fingerprint density at radius 2 is 1.88 bits per heavy atom. The van der Waals surface area contributed by atoms with Gasteiger partial charge in [0, 0.05) is 23.2 Å². The highest BCUT2D eigenvalue weighted by Crippen LogP contribution is 2.45. The topological polar surface area (TPSA) is 60.9 Å². The van der Waals surface area contributed by atoms with E-state index in [1.165, 1.54) is 21.9 Å². The normalized spacial score (nSPS) is 19.5. The lowest BCUT2D eigenvalue weighted by Gasteiger charge is -2.14. The number of phenols is 1. The van der Waals surface area contributed by atoms with Gasteiger partial charge in [-0.3, -0.25) is 14.5 Å². The zero-order valence-electron chi connectivity index (χ0n) is 13.4. The molecule has 2 heterocycles. The van der Waals surface area contributed by atoms with E-state index in [0.29, 0.717) is 26.0 Å². The Balaban J connectivity index is 1.87. The van der Waals surface area contributed by atoms with Crippen LogP contribution >= 0.6 is 39.9 Å². The molecule has 0 unspecified atom stereocenters. The lowest BCUT2D eigenvalue weighted by atomic mass is 10.1. The highest BCUT2D eigenvalue weighted by atomic mass is 79.9. The summed E-state index contributed by atoms with van der Waals surface area (Å²) in [5.74, 6) is -0.570. The Morgan fingerprint density at radius 1 is 1.12 bits per heavy atom. The number of fused-ring (bicyclic) bond motifs is 1. The zero-order valence-corrected chi connectivity index (χ0v) is 16.6. The van der Waals surface area contributed by atoms with Gasteiger partial charge in [0.2, 0.25) is 0 Å². The van der Waals surface area contributed by atoms with Crippen molar-refractivity contribution in [2.45, 2.75) is 0 Å². The van der Waals surface area contributed by atoms with E-state index in [9.17, 15) is 14.7 Å². The number of thiocarbonyl (C=S) groups is 1. The van der Waals surface area contributed by atoms with Gasteiger partial charge in [-0.15, -0.1) is 0 Å². The summed E-state index contributed by atoms with van der Waals surface area (Å²) in [6, 6.07) is 11.8. The summed E-state index contributed by atoms with van der Waals surface area (Å²) >= 11 is 9.88. The molecule has 26 heavy (non-hydrogen) atoms. The summed E-state index contributed by atoms with van der Waals surface area (Å²) in [7, 11) is 1.68. The molecule has 0 bridgehead atoms. The van der Waals surface area contributed by atoms with E-state index in [4.69, 9.17) is 12.2 Å². The minimum Gasteiger partial charge on any atom is -0.508 e. The van der Waals surface area contributed by atoms with Crippen LogP contribution < -0.4 is 9.80 Å². The fourth-order valence-electron chi connectivity index (χ4n) is 2.99. The molecule has 8 heteroatoms. The van der Waals surface area contributed by atoms with Crippen molar-refractivity contribution in [2.75, 3.05) is 16.8 Å². The maximum Gasteiger partial charge on any atom is 0.271 e. The number of hydrogen-bond donors (Lipinski definition) is 1. The SMILES string of the molecule is CN1C(=O)/C(=C2\SC(=S)N(c3cccc(O)c3)C2=O)c2cc(Br)ccc21. The molecule has 2 aliphatic rings. The van der Waals surface area contributed by atoms with Gasteiger partial charge in [0.1, 0.15) is 5.75 Å². The van der Waals surface area contributed by atoms with Crippen LogP contribution in [0.4, 0.5) is 11.4 Å². The molecule has 0 aliphatic carbocycles. The molecule has 130 valence electrons. The third-order valence-corrected chi connectivity index (χ3v) is 6.06. The lowest BCUT2D eigenvalue weighted by molar-refractivity contribution is -0.115. The minimum atomic E-state index is -0.366. The predicted octanol–water partition coefficient (Wildman–Crippen LogP) is 3.91. The zero-order chi connectivity index (χ0) is 18.6. The average molecular weight is 447 g/mol. The molecule has 2 aromatic rings. The number of thioether (sulfide) groups is 1. The van der Waals surface area contributed by atoms with Crippen LogP contribution in [0.2, 0.25) is 0 Å². The van der Waals surface area contributed by atoms with Crippen LogP contribution in [0.1, 0.15) is 5.56 Å². The fraction of sp³-hybridized carbons (Fsp3) is 0.0556. The first kappa shape index (κ1) is 17.3. The van der Waals surface area contributed by atoms with Crippen LogP contribution in [0.3, 0.4) is 0 Å². The number of carbonyl (C=O) groups excluding carboxylic acids is 2. The maximum absolute atomic E-state index is 13.1. The van der Waals surface area contributed by atoms with Gasteiger partial charge in [0.25, 0.3) is 11.8 Å². The van der Waals surface area contributed by atoms with E-state index in [0.717, 1.165) is 21.9 Å². The van der Waals surface area contributed by atoms with Crippen molar-refractivity contribution in [1.29, 1.82) is 0 Å². The van der Waals surface area contributed by atoms with Gasteiger partial charge in [0.05, 0.1) is 21.9 Å². The first-order valence-corrected chi connectivity index (χ1v) is 9.58. The Labute approximate surface area is 167 Å². The van der Waals surface area contributed by atoms with Gasteiger partial charge in [-0.05, 0) is 30.3 Å². The number of nitrogens with zero attached hydrogens (tertiary/aromatic N) is 2. The number of likely N-dealkylation sites (N-methyl/N-ethyl adjacent to an activating group) is 1. The molecule has 0 saturated carbocycles. The van der Waals surface area contributed by atoms with Crippen LogP contribution in [-0.2, 0) is 9.59 Å². The third kappa shape index (κ3) is 2.56. The monoisotopic (exact) mass is 446 g/mol. The smallest absolute Gasteiger partial charge is 0.271 e. The van der Waals surface area contributed by atoms with E-state index < -0.39 is 0 Å². The second kappa shape index (κ2) is 6.22. The molecule has 0 aromatic heterocycles. The molecule has 4 rings (SSSR count). The molecule has 0 atom stereocenters. The van der Waals surface area contributed by atoms with E-state index >= 15 is 0 Å². The van der Waals surface area contributed by atoms with E-state index in [-0.39, 0.29) is 17.6 Å². The largest absolute Gasteiger partial charge is 0.508 e. The number of anilines is 2. The van der Waals surface area contributed by atoms with Gasteiger partial charge in [-0.2, -0.15) is 0 Å². The van der Waals surface area contributed by atoms with Gasteiger partial charge < -0.3 is 10.0 Å². The number of phenolic OH excluding ortho intramolecular Hbond substituents is 1. The minimum absolute atomic E-state index is 0.0372. The highest BCUT2D eigenvalue weighted by molar-refractivity contribution is 9.10. The first-order chi connectivity index (χ1) is 12.4. The van der Waals surface area contributed by atoms with E-state index in [1.807, 2.05) is 18.2 Å². The average Bonchev–Trinajstić information content (AvgIpc) is 3.01. The molecule has 0 spiro atoms. The number of amides is 2. The molecule has 1 fully saturated rings. The van der Waals surface area contributed by atoms with Crippen molar-refractivity contribution in [3.05, 3.63) is 57.4 Å². The van der Waals surface area contributed by atoms with Crippen molar-refractivity contribution in [1.82, 2.24) is 0 Å². The second-order valence-corrected chi connectivity index (χ2v) is 8.32. The fourth-order valence-corrected chi connectivity index (χ4v) is 4.72. The number of aromatic hydroxyl groups is 1. The number of halogens is 1. The van der Waals surface area contributed by atoms with Gasteiger partial charge >= 0.3 is 0 Å². The Morgan fingerprint density at radius 3 is 2.62 bits per heavy atom. The second-order valence-electron chi connectivity index (χ2n) is 5.76. The summed E-state index contributed by atoms with van der Waals surface area (Å²) in [6.07, 6.45) is 0.